The van der Waals surface area contributed by atoms with Gasteiger partial charge in [-0.05, 0) is 42.9 Å². The lowest BCUT2D eigenvalue weighted by molar-refractivity contribution is -0.115. The van der Waals surface area contributed by atoms with Gasteiger partial charge >= 0.3 is 0 Å². The van der Waals surface area contributed by atoms with Crippen molar-refractivity contribution >= 4 is 27.5 Å². The fourth-order valence-electron chi connectivity index (χ4n) is 2.22. The van der Waals surface area contributed by atoms with Gasteiger partial charge in [-0.1, -0.05) is 22.0 Å². The molecule has 1 saturated carbocycles. The molecule has 1 aliphatic carbocycles. The van der Waals surface area contributed by atoms with Gasteiger partial charge in [0.25, 0.3) is 0 Å². The van der Waals surface area contributed by atoms with Crippen LogP contribution < -0.4 is 10.6 Å². The first-order valence-electron chi connectivity index (χ1n) is 6.89. The van der Waals surface area contributed by atoms with Crippen LogP contribution >= 0.6 is 15.9 Å². The van der Waals surface area contributed by atoms with Crippen LogP contribution in [0.4, 0.5) is 5.69 Å². The number of hydrogen-bond donors (Lipinski definition) is 2. The quantitative estimate of drug-likeness (QED) is 0.765. The molecule has 2 rings (SSSR count). The number of hydrogen-bond acceptors (Lipinski definition) is 3. The van der Waals surface area contributed by atoms with Crippen LogP contribution in [0, 0.1) is 5.41 Å². The van der Waals surface area contributed by atoms with Gasteiger partial charge in [0.2, 0.25) is 5.91 Å². The van der Waals surface area contributed by atoms with E-state index in [1.807, 2.05) is 24.3 Å². The fraction of sp³-hybridized carbons (Fsp3) is 0.533. The molecule has 1 amide bonds. The van der Waals surface area contributed by atoms with Gasteiger partial charge in [0, 0.05) is 30.4 Å². The first kappa shape index (κ1) is 15.5. The predicted octanol–water partition coefficient (Wildman–Crippen LogP) is 2.79. The topological polar surface area (TPSA) is 50.4 Å². The van der Waals surface area contributed by atoms with Crippen molar-refractivity contribution in [1.82, 2.24) is 5.32 Å². The van der Waals surface area contributed by atoms with Crippen LogP contribution in [0.15, 0.2) is 28.7 Å². The normalized spacial score (nSPS) is 15.9. The van der Waals surface area contributed by atoms with Crippen LogP contribution in [0.1, 0.15) is 19.3 Å². The maximum atomic E-state index is 11.8. The molecule has 20 heavy (non-hydrogen) atoms. The van der Waals surface area contributed by atoms with Crippen molar-refractivity contribution in [2.75, 3.05) is 32.1 Å². The second-order valence-corrected chi connectivity index (χ2v) is 6.32. The van der Waals surface area contributed by atoms with Crippen molar-refractivity contribution in [3.05, 3.63) is 28.7 Å². The Kier molecular flexibility index (Phi) is 5.57. The Hall–Kier alpha value is -0.910. The van der Waals surface area contributed by atoms with Gasteiger partial charge < -0.3 is 15.4 Å². The highest BCUT2D eigenvalue weighted by Crippen LogP contribution is 2.48. The lowest BCUT2D eigenvalue weighted by Gasteiger charge is -2.15. The van der Waals surface area contributed by atoms with Crippen molar-refractivity contribution in [1.29, 1.82) is 0 Å². The fourth-order valence-corrected chi connectivity index (χ4v) is 2.62. The van der Waals surface area contributed by atoms with Gasteiger partial charge in [0.1, 0.15) is 0 Å². The molecule has 1 fully saturated rings. The molecule has 0 unspecified atom stereocenters. The van der Waals surface area contributed by atoms with Gasteiger partial charge in [-0.15, -0.1) is 0 Å². The second kappa shape index (κ2) is 7.20. The van der Waals surface area contributed by atoms with E-state index < -0.39 is 0 Å². The lowest BCUT2D eigenvalue weighted by atomic mass is 10.0. The molecule has 0 radical (unpaired) electrons. The third-order valence-electron chi connectivity index (χ3n) is 3.69. The summed E-state index contributed by atoms with van der Waals surface area (Å²) < 4.78 is 6.08. The average molecular weight is 341 g/mol. The largest absolute Gasteiger partial charge is 0.385 e. The third-order valence-corrected chi connectivity index (χ3v) is 4.18. The number of methoxy groups -OCH3 is 1. The number of carbonyl (C=O) groups is 1. The molecule has 4 nitrogen and oxygen atoms in total. The SMILES string of the molecule is COCCC1(CNCC(=O)Nc2cccc(Br)c2)CC1. The summed E-state index contributed by atoms with van der Waals surface area (Å²) in [7, 11) is 1.73. The number of halogens is 1. The Morgan fingerprint density at radius 2 is 2.25 bits per heavy atom. The summed E-state index contributed by atoms with van der Waals surface area (Å²) >= 11 is 3.38. The molecule has 0 bridgehead atoms. The zero-order chi connectivity index (χ0) is 14.4. The van der Waals surface area contributed by atoms with Crippen molar-refractivity contribution in [3.63, 3.8) is 0 Å². The molecule has 110 valence electrons. The van der Waals surface area contributed by atoms with E-state index in [9.17, 15) is 4.79 Å². The molecular formula is C15H21BrN2O2. The van der Waals surface area contributed by atoms with Crippen LogP contribution in [-0.2, 0) is 9.53 Å². The standard InChI is InChI=1S/C15H21BrN2O2/c1-20-8-7-15(5-6-15)11-17-10-14(19)18-13-4-2-3-12(16)9-13/h2-4,9,17H,5-8,10-11H2,1H3,(H,18,19). The van der Waals surface area contributed by atoms with Gasteiger partial charge in [0.15, 0.2) is 0 Å². The smallest absolute Gasteiger partial charge is 0.238 e. The Labute approximate surface area is 128 Å². The van der Waals surface area contributed by atoms with Crippen LogP contribution in [0.2, 0.25) is 0 Å². The van der Waals surface area contributed by atoms with Gasteiger partial charge in [0.05, 0.1) is 6.54 Å². The Balaban J connectivity index is 1.68. The third kappa shape index (κ3) is 4.89. The van der Waals surface area contributed by atoms with Gasteiger partial charge in [-0.2, -0.15) is 0 Å². The molecule has 0 saturated heterocycles. The summed E-state index contributed by atoms with van der Waals surface area (Å²) in [4.78, 5) is 11.8. The predicted molar refractivity (Wildman–Crippen MR) is 83.8 cm³/mol. The van der Waals surface area contributed by atoms with E-state index in [2.05, 4.69) is 26.6 Å². The number of rotatable bonds is 8. The minimum absolute atomic E-state index is 0.00867. The van der Waals surface area contributed by atoms with Crippen LogP contribution in [0.5, 0.6) is 0 Å². The minimum Gasteiger partial charge on any atom is -0.385 e. The molecule has 0 aliphatic heterocycles. The van der Waals surface area contributed by atoms with Crippen molar-refractivity contribution in [2.45, 2.75) is 19.3 Å². The van der Waals surface area contributed by atoms with E-state index in [1.54, 1.807) is 7.11 Å². The average Bonchev–Trinajstić information content (AvgIpc) is 3.17. The maximum absolute atomic E-state index is 11.8. The first-order chi connectivity index (χ1) is 9.63. The summed E-state index contributed by atoms with van der Waals surface area (Å²) in [6.45, 7) is 2.04. The molecule has 1 aliphatic rings. The molecule has 0 aromatic heterocycles. The van der Waals surface area contributed by atoms with E-state index in [0.29, 0.717) is 12.0 Å². The van der Waals surface area contributed by atoms with Gasteiger partial charge in [-0.25, -0.2) is 0 Å². The summed E-state index contributed by atoms with van der Waals surface area (Å²) in [5.74, 6) is -0.00867. The monoisotopic (exact) mass is 340 g/mol. The zero-order valence-electron chi connectivity index (χ0n) is 11.7. The zero-order valence-corrected chi connectivity index (χ0v) is 13.3. The number of carbonyl (C=O) groups excluding carboxylic acids is 1. The van der Waals surface area contributed by atoms with Crippen molar-refractivity contribution in [2.24, 2.45) is 5.41 Å². The number of ether oxygens (including phenoxy) is 1. The van der Waals surface area contributed by atoms with Crippen LogP contribution in [0.25, 0.3) is 0 Å². The molecule has 0 heterocycles. The van der Waals surface area contributed by atoms with E-state index in [4.69, 9.17) is 4.74 Å². The molecule has 5 heteroatoms. The first-order valence-corrected chi connectivity index (χ1v) is 7.68. The Morgan fingerprint density at radius 3 is 2.90 bits per heavy atom. The van der Waals surface area contributed by atoms with Crippen LogP contribution in [0.3, 0.4) is 0 Å². The van der Waals surface area contributed by atoms with E-state index >= 15 is 0 Å². The summed E-state index contributed by atoms with van der Waals surface area (Å²) in [5, 5.41) is 6.13. The minimum atomic E-state index is -0.00867. The number of anilines is 1. The summed E-state index contributed by atoms with van der Waals surface area (Å²) in [5.41, 5.74) is 1.18. The number of amides is 1. The van der Waals surface area contributed by atoms with Crippen LogP contribution in [-0.4, -0.2) is 32.7 Å². The molecule has 0 atom stereocenters. The number of nitrogens with one attached hydrogen (secondary N) is 2. The highest BCUT2D eigenvalue weighted by Gasteiger charge is 2.41. The number of benzene rings is 1. The Bertz CT molecular complexity index is 461. The van der Waals surface area contributed by atoms with E-state index in [0.717, 1.165) is 29.7 Å². The van der Waals surface area contributed by atoms with Crippen molar-refractivity contribution < 1.29 is 9.53 Å². The Morgan fingerprint density at radius 1 is 1.45 bits per heavy atom. The molecule has 0 spiro atoms. The summed E-state index contributed by atoms with van der Waals surface area (Å²) in [6.07, 6.45) is 3.54. The molecule has 2 N–H and O–H groups in total. The summed E-state index contributed by atoms with van der Waals surface area (Å²) in [6, 6.07) is 7.60. The molecular weight excluding hydrogens is 320 g/mol. The maximum Gasteiger partial charge on any atom is 0.238 e. The van der Waals surface area contributed by atoms with Crippen molar-refractivity contribution in [3.8, 4) is 0 Å². The molecule has 1 aromatic rings. The van der Waals surface area contributed by atoms with E-state index in [-0.39, 0.29) is 5.91 Å². The highest BCUT2D eigenvalue weighted by atomic mass is 79.9. The van der Waals surface area contributed by atoms with Gasteiger partial charge in [-0.3, -0.25) is 4.79 Å². The van der Waals surface area contributed by atoms with E-state index in [1.165, 1.54) is 12.8 Å². The highest BCUT2D eigenvalue weighted by molar-refractivity contribution is 9.10. The lowest BCUT2D eigenvalue weighted by Crippen LogP contribution is -2.32. The second-order valence-electron chi connectivity index (χ2n) is 5.40. The molecule has 1 aromatic carbocycles.